The van der Waals surface area contributed by atoms with Gasteiger partial charge in [0.2, 0.25) is 0 Å². The maximum atomic E-state index is 12.8. The molecule has 2 aromatic rings. The van der Waals surface area contributed by atoms with Crippen molar-refractivity contribution < 1.29 is 19.1 Å². The highest BCUT2D eigenvalue weighted by molar-refractivity contribution is 5.93. The Morgan fingerprint density at radius 3 is 2.81 bits per heavy atom. The van der Waals surface area contributed by atoms with Crippen LogP contribution in [0.4, 0.5) is 10.5 Å². The van der Waals surface area contributed by atoms with Crippen molar-refractivity contribution in [2.24, 2.45) is 0 Å². The van der Waals surface area contributed by atoms with E-state index in [-0.39, 0.29) is 12.6 Å². The molecule has 2 amide bonds. The summed E-state index contributed by atoms with van der Waals surface area (Å²) in [6, 6.07) is 6.10. The number of hydrogen-bond acceptors (Lipinski definition) is 5. The average molecular weight is 372 g/mol. The highest BCUT2D eigenvalue weighted by Crippen LogP contribution is 2.23. The molecule has 8 nitrogen and oxygen atoms in total. The van der Waals surface area contributed by atoms with Crippen LogP contribution in [0.25, 0.3) is 0 Å². The van der Waals surface area contributed by atoms with Crippen molar-refractivity contribution in [2.75, 3.05) is 19.0 Å². The van der Waals surface area contributed by atoms with Gasteiger partial charge in [0, 0.05) is 12.1 Å². The van der Waals surface area contributed by atoms with Crippen LogP contribution in [0.1, 0.15) is 31.2 Å². The Hall–Kier alpha value is -3.03. The molecule has 0 fully saturated rings. The Bertz CT molecular complexity index is 787. The maximum absolute atomic E-state index is 12.8. The summed E-state index contributed by atoms with van der Waals surface area (Å²) in [6.45, 7) is 3.04. The molecule has 1 atom stereocenters. The summed E-state index contributed by atoms with van der Waals surface area (Å²) >= 11 is 0. The molecule has 2 heterocycles. The number of benzene rings is 1. The number of methoxy groups -OCH3 is 1. The van der Waals surface area contributed by atoms with Crippen LogP contribution < -0.4 is 10.1 Å². The van der Waals surface area contributed by atoms with Gasteiger partial charge in [0.15, 0.2) is 0 Å². The molecule has 0 saturated heterocycles. The Labute approximate surface area is 157 Å². The number of hydrogen-bond donors (Lipinski definition) is 2. The number of amides is 2. The molecule has 144 valence electrons. The lowest BCUT2D eigenvalue weighted by atomic mass is 10.0. The van der Waals surface area contributed by atoms with Gasteiger partial charge in [-0.25, -0.2) is 14.6 Å². The number of nitrogens with zero attached hydrogens (tertiary/aromatic N) is 2. The number of carbonyl (C=O) groups excluding carboxylic acids is 2. The molecule has 0 saturated carbocycles. The third-order valence-electron chi connectivity index (χ3n) is 4.51. The van der Waals surface area contributed by atoms with E-state index in [1.54, 1.807) is 18.5 Å². The first-order valence-electron chi connectivity index (χ1n) is 9.01. The number of carbonyl (C=O) groups is 2. The molecule has 0 spiro atoms. The molecule has 27 heavy (non-hydrogen) atoms. The van der Waals surface area contributed by atoms with Crippen LogP contribution in [0.5, 0.6) is 5.75 Å². The number of aromatic amines is 1. The minimum absolute atomic E-state index is 0.263. The SMILES string of the molecule is CCCCOc1ccc(NC(=O)N2Cc3[nH]cnc3CC2C(=O)OC)cc1. The van der Waals surface area contributed by atoms with E-state index in [1.165, 1.54) is 12.0 Å². The average Bonchev–Trinajstić information content (AvgIpc) is 3.15. The summed E-state index contributed by atoms with van der Waals surface area (Å²) in [5, 5.41) is 2.83. The van der Waals surface area contributed by atoms with Crippen LogP contribution in [0.2, 0.25) is 0 Å². The molecule has 1 aliphatic rings. The minimum Gasteiger partial charge on any atom is -0.494 e. The lowest BCUT2D eigenvalue weighted by Gasteiger charge is -2.33. The summed E-state index contributed by atoms with van der Waals surface area (Å²) in [5.41, 5.74) is 2.23. The second kappa shape index (κ2) is 8.57. The van der Waals surface area contributed by atoms with Crippen molar-refractivity contribution in [1.82, 2.24) is 14.9 Å². The predicted molar refractivity (Wildman–Crippen MR) is 99.5 cm³/mol. The third-order valence-corrected chi connectivity index (χ3v) is 4.51. The van der Waals surface area contributed by atoms with Gasteiger partial charge in [0.1, 0.15) is 11.8 Å². The van der Waals surface area contributed by atoms with Crippen LogP contribution in [0.15, 0.2) is 30.6 Å². The van der Waals surface area contributed by atoms with E-state index in [4.69, 9.17) is 9.47 Å². The van der Waals surface area contributed by atoms with E-state index in [2.05, 4.69) is 22.2 Å². The highest BCUT2D eigenvalue weighted by atomic mass is 16.5. The van der Waals surface area contributed by atoms with Crippen molar-refractivity contribution >= 4 is 17.7 Å². The monoisotopic (exact) mass is 372 g/mol. The molecule has 0 radical (unpaired) electrons. The van der Waals surface area contributed by atoms with Gasteiger partial charge in [0.25, 0.3) is 0 Å². The Morgan fingerprint density at radius 2 is 2.11 bits per heavy atom. The maximum Gasteiger partial charge on any atom is 0.329 e. The summed E-state index contributed by atoms with van der Waals surface area (Å²) in [4.78, 5) is 33.6. The molecule has 1 aromatic carbocycles. The van der Waals surface area contributed by atoms with Crippen molar-refractivity contribution in [1.29, 1.82) is 0 Å². The number of ether oxygens (including phenoxy) is 2. The molecular formula is C19H24N4O4. The molecular weight excluding hydrogens is 348 g/mol. The van der Waals surface area contributed by atoms with Gasteiger partial charge in [0.05, 0.1) is 38.0 Å². The molecule has 0 bridgehead atoms. The quantitative estimate of drug-likeness (QED) is 0.600. The number of urea groups is 1. The predicted octanol–water partition coefficient (Wildman–Crippen LogP) is 2.72. The lowest BCUT2D eigenvalue weighted by Crippen LogP contribution is -2.50. The zero-order chi connectivity index (χ0) is 19.2. The summed E-state index contributed by atoms with van der Waals surface area (Å²) in [5.74, 6) is 0.299. The molecule has 2 N–H and O–H groups in total. The molecule has 8 heteroatoms. The van der Waals surface area contributed by atoms with E-state index in [9.17, 15) is 9.59 Å². The minimum atomic E-state index is -0.706. The van der Waals surface area contributed by atoms with Gasteiger partial charge in [-0.2, -0.15) is 0 Å². The number of anilines is 1. The van der Waals surface area contributed by atoms with Crippen LogP contribution in [-0.2, 0) is 22.5 Å². The molecule has 0 aliphatic carbocycles. The number of H-pyrrole nitrogens is 1. The number of imidazole rings is 1. The highest BCUT2D eigenvalue weighted by Gasteiger charge is 2.36. The van der Waals surface area contributed by atoms with E-state index in [0.717, 1.165) is 30.0 Å². The fourth-order valence-electron chi connectivity index (χ4n) is 2.96. The molecule has 1 aliphatic heterocycles. The van der Waals surface area contributed by atoms with Crippen LogP contribution in [0, 0.1) is 0 Å². The van der Waals surface area contributed by atoms with Gasteiger partial charge < -0.3 is 24.7 Å². The largest absolute Gasteiger partial charge is 0.494 e. The van der Waals surface area contributed by atoms with Crippen molar-refractivity contribution in [3.8, 4) is 5.75 Å². The van der Waals surface area contributed by atoms with Gasteiger partial charge in [-0.1, -0.05) is 13.3 Å². The second-order valence-corrected chi connectivity index (χ2v) is 6.36. The number of esters is 1. The smallest absolute Gasteiger partial charge is 0.329 e. The topological polar surface area (TPSA) is 96.5 Å². The van der Waals surface area contributed by atoms with E-state index < -0.39 is 12.0 Å². The molecule has 3 rings (SSSR count). The summed E-state index contributed by atoms with van der Waals surface area (Å²) in [7, 11) is 1.32. The number of unbranched alkanes of at least 4 members (excludes halogenated alkanes) is 1. The number of fused-ring (bicyclic) bond motifs is 1. The van der Waals surface area contributed by atoms with Crippen LogP contribution in [-0.4, -0.2) is 46.6 Å². The van der Waals surface area contributed by atoms with Crippen molar-refractivity contribution in [2.45, 2.75) is 38.8 Å². The van der Waals surface area contributed by atoms with E-state index >= 15 is 0 Å². The van der Waals surface area contributed by atoms with Crippen LogP contribution in [0.3, 0.4) is 0 Å². The summed E-state index contributed by atoms with van der Waals surface area (Å²) < 4.78 is 10.5. The first kappa shape index (κ1) is 18.8. The van der Waals surface area contributed by atoms with Gasteiger partial charge in [-0.05, 0) is 30.7 Å². The fourth-order valence-corrected chi connectivity index (χ4v) is 2.96. The Morgan fingerprint density at radius 1 is 1.33 bits per heavy atom. The second-order valence-electron chi connectivity index (χ2n) is 6.36. The normalized spacial score (nSPS) is 15.8. The van der Waals surface area contributed by atoms with Crippen LogP contribution >= 0.6 is 0 Å². The Kier molecular flexibility index (Phi) is 5.95. The zero-order valence-corrected chi connectivity index (χ0v) is 15.5. The standard InChI is InChI=1S/C19H24N4O4/c1-3-4-9-27-14-7-5-13(6-8-14)22-19(25)23-11-16-15(20-12-21-16)10-17(23)18(24)26-2/h5-8,12,17H,3-4,9-11H2,1-2H3,(H,20,21)(H,22,25). The molecule has 1 unspecified atom stereocenters. The Balaban J connectivity index is 1.67. The number of rotatable bonds is 6. The van der Waals surface area contributed by atoms with Gasteiger partial charge >= 0.3 is 12.0 Å². The van der Waals surface area contributed by atoms with Crippen molar-refractivity contribution in [3.05, 3.63) is 42.0 Å². The number of aromatic nitrogens is 2. The van der Waals surface area contributed by atoms with Gasteiger partial charge in [-0.15, -0.1) is 0 Å². The molecule has 1 aromatic heterocycles. The third kappa shape index (κ3) is 4.39. The zero-order valence-electron chi connectivity index (χ0n) is 15.5. The van der Waals surface area contributed by atoms with E-state index in [1.807, 2.05) is 12.1 Å². The van der Waals surface area contributed by atoms with Crippen molar-refractivity contribution in [3.63, 3.8) is 0 Å². The van der Waals surface area contributed by atoms with E-state index in [0.29, 0.717) is 18.7 Å². The first-order chi connectivity index (χ1) is 13.1. The fraction of sp³-hybridized carbons (Fsp3) is 0.421. The first-order valence-corrected chi connectivity index (χ1v) is 9.01. The lowest BCUT2D eigenvalue weighted by molar-refractivity contribution is -0.146. The van der Waals surface area contributed by atoms with Gasteiger partial charge in [-0.3, -0.25) is 0 Å². The number of nitrogens with one attached hydrogen (secondary N) is 2. The summed E-state index contributed by atoms with van der Waals surface area (Å²) in [6.07, 6.45) is 3.96.